The summed E-state index contributed by atoms with van der Waals surface area (Å²) in [4.78, 5) is 76.0. The topological polar surface area (TPSA) is 176 Å². The number of hydrogen-bond donors (Lipinski definition) is 0. The van der Waals surface area contributed by atoms with Crippen molar-refractivity contribution >= 4 is 35.8 Å². The van der Waals surface area contributed by atoms with Gasteiger partial charge in [-0.3, -0.25) is 28.8 Å². The summed E-state index contributed by atoms with van der Waals surface area (Å²) >= 11 is 0. The summed E-state index contributed by atoms with van der Waals surface area (Å²) in [5, 5.41) is 0. The second-order valence-corrected chi connectivity index (χ2v) is 21.2. The fraction of sp³-hybridized carbons (Fsp3) is 0.875. The average Bonchev–Trinajstić information content (AvgIpc) is 3.50. The molecule has 0 aromatic rings. The van der Waals surface area contributed by atoms with Crippen LogP contribution in [0.4, 0.5) is 0 Å². The second kappa shape index (κ2) is 19.1. The number of esters is 6. The van der Waals surface area contributed by atoms with E-state index in [-0.39, 0.29) is 53.2 Å². The average molecular weight is 877 g/mol. The zero-order valence-corrected chi connectivity index (χ0v) is 39.9. The van der Waals surface area contributed by atoms with E-state index >= 15 is 0 Å². The molecule has 0 spiro atoms. The lowest BCUT2D eigenvalue weighted by atomic mass is 9.34. The van der Waals surface area contributed by atoms with Gasteiger partial charge in [-0.15, -0.1) is 0 Å². The second-order valence-electron chi connectivity index (χ2n) is 21.2. The van der Waals surface area contributed by atoms with Gasteiger partial charge in [-0.2, -0.15) is 0 Å². The van der Waals surface area contributed by atoms with Crippen LogP contribution in [0.15, 0.2) is 0 Å². The summed E-state index contributed by atoms with van der Waals surface area (Å²) in [6.07, 6.45) is -0.138. The van der Waals surface area contributed by atoms with Crippen LogP contribution >= 0.6 is 0 Å². The Hall–Kier alpha value is -3.26. The highest BCUT2D eigenvalue weighted by Gasteiger charge is 2.74. The number of rotatable bonds is 14. The summed E-state index contributed by atoms with van der Waals surface area (Å²) in [7, 11) is 0. The molecule has 0 N–H and O–H groups in total. The van der Waals surface area contributed by atoms with Gasteiger partial charge in [0.05, 0.1) is 6.10 Å². The van der Waals surface area contributed by atoms with Crippen molar-refractivity contribution in [2.45, 2.75) is 204 Å². The van der Waals surface area contributed by atoms with E-state index in [0.717, 1.165) is 32.1 Å². The molecule has 0 bridgehead atoms. The summed E-state index contributed by atoms with van der Waals surface area (Å²) in [6, 6.07) is 0. The highest BCUT2D eigenvalue weighted by Crippen LogP contribution is 2.76. The van der Waals surface area contributed by atoms with Gasteiger partial charge in [0.2, 0.25) is 0 Å². The highest BCUT2D eigenvalue weighted by molar-refractivity contribution is 5.69. The molecule has 1 aliphatic heterocycles. The van der Waals surface area contributed by atoms with Crippen molar-refractivity contribution in [1.82, 2.24) is 0 Å². The third-order valence-electron chi connectivity index (χ3n) is 16.3. The molecule has 352 valence electrons. The van der Waals surface area contributed by atoms with E-state index in [0.29, 0.717) is 43.4 Å². The van der Waals surface area contributed by atoms with Crippen LogP contribution in [0.3, 0.4) is 0 Å². The Kier molecular flexibility index (Phi) is 15.3. The van der Waals surface area contributed by atoms with Crippen molar-refractivity contribution in [2.75, 3.05) is 6.61 Å². The van der Waals surface area contributed by atoms with E-state index in [9.17, 15) is 28.8 Å². The number of carbonyl (C=O) groups excluding carboxylic acids is 6. The minimum Gasteiger partial charge on any atom is -0.463 e. The van der Waals surface area contributed by atoms with Gasteiger partial charge in [0, 0.05) is 52.9 Å². The quantitative estimate of drug-likeness (QED) is 0.0943. The molecule has 16 atom stereocenters. The molecular weight excluding hydrogens is 801 g/mol. The van der Waals surface area contributed by atoms with Gasteiger partial charge in [0.1, 0.15) is 24.9 Å². The maximum atomic E-state index is 13.0. The van der Waals surface area contributed by atoms with Crippen LogP contribution in [-0.4, -0.2) is 91.4 Å². The van der Waals surface area contributed by atoms with Gasteiger partial charge in [-0.25, -0.2) is 0 Å². The van der Waals surface area contributed by atoms with Gasteiger partial charge in [-0.1, -0.05) is 74.7 Å². The number of fused-ring (bicyclic) bond motifs is 5. The van der Waals surface area contributed by atoms with Crippen LogP contribution in [0.25, 0.3) is 0 Å². The number of ether oxygens (including phenoxy) is 8. The zero-order chi connectivity index (χ0) is 46.3. The largest absolute Gasteiger partial charge is 0.463 e. The molecule has 4 aliphatic carbocycles. The fourth-order valence-corrected chi connectivity index (χ4v) is 13.9. The Morgan fingerprint density at radius 3 is 1.79 bits per heavy atom. The first kappa shape index (κ1) is 49.8. The van der Waals surface area contributed by atoms with Crippen LogP contribution in [0.2, 0.25) is 0 Å². The lowest BCUT2D eigenvalue weighted by Gasteiger charge is -2.72. The van der Waals surface area contributed by atoms with Crippen molar-refractivity contribution in [2.24, 2.45) is 57.2 Å². The molecule has 5 aliphatic rings. The van der Waals surface area contributed by atoms with Crippen molar-refractivity contribution in [3.63, 3.8) is 0 Å². The van der Waals surface area contributed by atoms with Gasteiger partial charge in [0.15, 0.2) is 24.6 Å². The summed E-state index contributed by atoms with van der Waals surface area (Å²) in [6.45, 7) is 25.6. The van der Waals surface area contributed by atoms with E-state index in [2.05, 4.69) is 55.4 Å². The molecule has 1 unspecified atom stereocenters. The third kappa shape index (κ3) is 9.86. The van der Waals surface area contributed by atoms with E-state index < -0.39 is 77.6 Å². The van der Waals surface area contributed by atoms with Crippen LogP contribution in [0.5, 0.6) is 0 Å². The predicted octanol–water partition coefficient (Wildman–Crippen LogP) is 7.69. The van der Waals surface area contributed by atoms with Crippen LogP contribution < -0.4 is 0 Å². The fourth-order valence-electron chi connectivity index (χ4n) is 13.9. The van der Waals surface area contributed by atoms with E-state index in [1.54, 1.807) is 0 Å². The first-order chi connectivity index (χ1) is 28.8. The lowest BCUT2D eigenvalue weighted by molar-refractivity contribution is -0.348. The maximum Gasteiger partial charge on any atom is 0.303 e. The van der Waals surface area contributed by atoms with Gasteiger partial charge < -0.3 is 37.9 Å². The number of carbonyl (C=O) groups is 6. The molecule has 0 aromatic heterocycles. The van der Waals surface area contributed by atoms with Crippen molar-refractivity contribution < 1.29 is 66.7 Å². The highest BCUT2D eigenvalue weighted by atomic mass is 16.7. The van der Waals surface area contributed by atoms with Crippen molar-refractivity contribution in [1.29, 1.82) is 0 Å². The lowest BCUT2D eigenvalue weighted by Crippen LogP contribution is -2.71. The normalized spacial score (nSPS) is 40.1. The Bertz CT molecular complexity index is 1680. The molecule has 14 nitrogen and oxygen atoms in total. The van der Waals surface area contributed by atoms with E-state index in [4.69, 9.17) is 37.9 Å². The van der Waals surface area contributed by atoms with Crippen LogP contribution in [-0.2, 0) is 66.7 Å². The predicted molar refractivity (Wildman–Crippen MR) is 226 cm³/mol. The van der Waals surface area contributed by atoms with Crippen LogP contribution in [0, 0.1) is 57.2 Å². The van der Waals surface area contributed by atoms with E-state index in [1.807, 2.05) is 0 Å². The molecule has 62 heavy (non-hydrogen) atoms. The molecule has 4 saturated carbocycles. The third-order valence-corrected chi connectivity index (χ3v) is 16.3. The first-order valence-corrected chi connectivity index (χ1v) is 23.1. The molecular formula is C48H76O14. The SMILES string of the molecule is CC(=O)OC[C@H]1O[C@@H](O[C@H]2C[C@]3(C)[C@H](C[C@@H](OC(C)=O)[C@@H]4[C@@H]([C@H](C)CCCC(C)C)CC[C@@]43C)[C@@]3(C)CC[C@H](OC(C)=O)C(C)(C)C23)[C@H](OC(C)=O)[C@@H](OC(C)=O)[C@@H]1OC(C)=O. The molecule has 5 fully saturated rings. The molecule has 1 heterocycles. The smallest absolute Gasteiger partial charge is 0.303 e. The first-order valence-electron chi connectivity index (χ1n) is 23.1. The Balaban J connectivity index is 1.66. The molecule has 0 aromatic carbocycles. The Morgan fingerprint density at radius 2 is 1.23 bits per heavy atom. The van der Waals surface area contributed by atoms with Gasteiger partial charge in [-0.05, 0) is 84.4 Å². The number of hydrogen-bond acceptors (Lipinski definition) is 14. The molecule has 0 amide bonds. The Labute approximate surface area is 369 Å². The van der Waals surface area contributed by atoms with Crippen molar-refractivity contribution in [3.05, 3.63) is 0 Å². The standard InChI is InChI=1S/C48H76O14/c1-25(2)16-15-17-26(3)33-18-21-47(13)39(33)34(56-28(5)50)22-37-46(12)20-19-38(57-29(6)51)45(10,11)43(46)35(23-48(37,47)14)61-44-42(60-32(9)54)41(59-31(8)53)40(58-30(7)52)36(62-44)24-55-27(4)49/h25-26,33-44H,15-24H2,1-14H3/t26-,33-,34-,35+,36-,37-,38+,39+,40-,41+,42-,43?,44-,46-,47+,48-/m1/s1. The molecule has 5 rings (SSSR count). The molecule has 1 saturated heterocycles. The van der Waals surface area contributed by atoms with Crippen LogP contribution in [0.1, 0.15) is 155 Å². The molecule has 0 radical (unpaired) electrons. The summed E-state index contributed by atoms with van der Waals surface area (Å²) in [5.41, 5.74) is -1.79. The van der Waals surface area contributed by atoms with Crippen molar-refractivity contribution in [3.8, 4) is 0 Å². The summed E-state index contributed by atoms with van der Waals surface area (Å²) < 4.78 is 49.2. The Morgan fingerprint density at radius 1 is 0.645 bits per heavy atom. The van der Waals surface area contributed by atoms with E-state index in [1.165, 1.54) is 41.5 Å². The summed E-state index contributed by atoms with van der Waals surface area (Å²) in [5.74, 6) is -2.18. The van der Waals surface area contributed by atoms with Gasteiger partial charge >= 0.3 is 35.8 Å². The minimum absolute atomic E-state index is 0.0633. The molecule has 14 heteroatoms. The zero-order valence-electron chi connectivity index (χ0n) is 39.9. The van der Waals surface area contributed by atoms with Gasteiger partial charge in [0.25, 0.3) is 0 Å². The monoisotopic (exact) mass is 877 g/mol. The minimum atomic E-state index is -1.40. The maximum absolute atomic E-state index is 13.0.